The molecule has 2 aromatic rings. The molecule has 0 saturated carbocycles. The molecule has 146 valence electrons. The van der Waals surface area contributed by atoms with Gasteiger partial charge in [-0.3, -0.25) is 19.3 Å². The van der Waals surface area contributed by atoms with Crippen molar-refractivity contribution >= 4 is 22.7 Å². The van der Waals surface area contributed by atoms with Gasteiger partial charge in [0.05, 0.1) is 30.5 Å². The van der Waals surface area contributed by atoms with Crippen LogP contribution in [0.2, 0.25) is 0 Å². The van der Waals surface area contributed by atoms with E-state index in [-0.39, 0.29) is 30.5 Å². The summed E-state index contributed by atoms with van der Waals surface area (Å²) >= 11 is 0. The summed E-state index contributed by atoms with van der Waals surface area (Å²) in [6, 6.07) is 7.16. The van der Waals surface area contributed by atoms with Gasteiger partial charge in [0.25, 0.3) is 5.56 Å². The van der Waals surface area contributed by atoms with Crippen LogP contribution in [-0.2, 0) is 16.1 Å². The number of nitrogens with zero attached hydrogens (tertiary/aromatic N) is 2. The van der Waals surface area contributed by atoms with Crippen LogP contribution in [0.25, 0.3) is 10.9 Å². The molecule has 0 radical (unpaired) electrons. The topological polar surface area (TPSA) is 107 Å². The van der Waals surface area contributed by atoms with Gasteiger partial charge < -0.3 is 15.6 Å². The van der Waals surface area contributed by atoms with E-state index in [1.54, 1.807) is 18.2 Å². The van der Waals surface area contributed by atoms with E-state index < -0.39 is 0 Å². The van der Waals surface area contributed by atoms with Gasteiger partial charge in [0.15, 0.2) is 0 Å². The molecule has 27 heavy (non-hydrogen) atoms. The summed E-state index contributed by atoms with van der Waals surface area (Å²) in [5, 5.41) is 5.79. The molecular weight excluding hydrogens is 346 g/mol. The van der Waals surface area contributed by atoms with Crippen molar-refractivity contribution in [2.45, 2.75) is 33.2 Å². The van der Waals surface area contributed by atoms with Gasteiger partial charge in [-0.25, -0.2) is 4.98 Å². The molecular formula is C19H27N5O3. The minimum Gasteiger partial charge on any atom is -0.355 e. The molecule has 2 amide bonds. The second kappa shape index (κ2) is 10.4. The molecule has 0 unspecified atom stereocenters. The van der Waals surface area contributed by atoms with Gasteiger partial charge in [-0.05, 0) is 32.0 Å². The SMILES string of the molecule is CCCCN(CC(=O)NCC(=O)NCC)Cc1nc2ccccc2c(=O)[nH]1. The summed E-state index contributed by atoms with van der Waals surface area (Å²) in [7, 11) is 0. The molecule has 0 aliphatic rings. The highest BCUT2D eigenvalue weighted by Gasteiger charge is 2.14. The van der Waals surface area contributed by atoms with Crippen LogP contribution in [0.15, 0.2) is 29.1 Å². The Bertz CT molecular complexity index is 833. The first-order chi connectivity index (χ1) is 13.0. The van der Waals surface area contributed by atoms with E-state index in [0.717, 1.165) is 12.8 Å². The highest BCUT2D eigenvalue weighted by molar-refractivity contribution is 5.85. The third kappa shape index (κ3) is 6.49. The number of aromatic amines is 1. The maximum atomic E-state index is 12.2. The molecule has 0 aliphatic carbocycles. The van der Waals surface area contributed by atoms with E-state index in [9.17, 15) is 14.4 Å². The Morgan fingerprint density at radius 3 is 2.67 bits per heavy atom. The summed E-state index contributed by atoms with van der Waals surface area (Å²) < 4.78 is 0. The molecule has 2 rings (SSSR count). The number of fused-ring (bicyclic) bond motifs is 1. The van der Waals surface area contributed by atoms with Crippen molar-refractivity contribution in [2.24, 2.45) is 0 Å². The fraction of sp³-hybridized carbons (Fsp3) is 0.474. The fourth-order valence-electron chi connectivity index (χ4n) is 2.71. The Balaban J connectivity index is 2.04. The molecule has 0 aliphatic heterocycles. The fourth-order valence-corrected chi connectivity index (χ4v) is 2.71. The van der Waals surface area contributed by atoms with Gasteiger partial charge in [-0.2, -0.15) is 0 Å². The van der Waals surface area contributed by atoms with Crippen molar-refractivity contribution in [1.29, 1.82) is 0 Å². The lowest BCUT2D eigenvalue weighted by molar-refractivity contribution is -0.126. The predicted molar refractivity (Wildman–Crippen MR) is 104 cm³/mol. The van der Waals surface area contributed by atoms with Crippen molar-refractivity contribution in [3.05, 3.63) is 40.4 Å². The summed E-state index contributed by atoms with van der Waals surface area (Å²) in [5.41, 5.74) is 0.444. The lowest BCUT2D eigenvalue weighted by Crippen LogP contribution is -2.42. The molecule has 0 fully saturated rings. The number of benzene rings is 1. The molecule has 1 heterocycles. The average Bonchev–Trinajstić information content (AvgIpc) is 2.65. The predicted octanol–water partition coefficient (Wildman–Crippen LogP) is 0.778. The van der Waals surface area contributed by atoms with Gasteiger partial charge in [0.1, 0.15) is 5.82 Å². The number of nitrogens with one attached hydrogen (secondary N) is 3. The highest BCUT2D eigenvalue weighted by Crippen LogP contribution is 2.07. The summed E-state index contributed by atoms with van der Waals surface area (Å²) in [4.78, 5) is 45.1. The van der Waals surface area contributed by atoms with Crippen LogP contribution in [0.3, 0.4) is 0 Å². The minimum atomic E-state index is -0.236. The van der Waals surface area contributed by atoms with E-state index in [2.05, 4.69) is 27.5 Å². The van der Waals surface area contributed by atoms with Gasteiger partial charge >= 0.3 is 0 Å². The van der Waals surface area contributed by atoms with E-state index in [0.29, 0.717) is 36.4 Å². The third-order valence-electron chi connectivity index (χ3n) is 4.05. The second-order valence-corrected chi connectivity index (χ2v) is 6.32. The standard InChI is InChI=1S/C19H27N5O3/c1-3-5-10-24(13-18(26)21-11-17(25)20-4-2)12-16-22-15-9-7-6-8-14(15)19(27)23-16/h6-9H,3-5,10-13H2,1-2H3,(H,20,25)(H,21,26)(H,22,23,27). The Morgan fingerprint density at radius 2 is 1.93 bits per heavy atom. The van der Waals surface area contributed by atoms with Crippen LogP contribution in [0.5, 0.6) is 0 Å². The summed E-state index contributed by atoms with van der Waals surface area (Å²) in [6.45, 7) is 5.57. The lowest BCUT2D eigenvalue weighted by atomic mass is 10.2. The first-order valence-electron chi connectivity index (χ1n) is 9.27. The third-order valence-corrected chi connectivity index (χ3v) is 4.05. The number of carbonyl (C=O) groups excluding carboxylic acids is 2. The summed E-state index contributed by atoms with van der Waals surface area (Å²) in [5.74, 6) is 0.0679. The number of carbonyl (C=O) groups is 2. The van der Waals surface area contributed by atoms with Gasteiger partial charge in [0.2, 0.25) is 11.8 Å². The van der Waals surface area contributed by atoms with Crippen LogP contribution in [0, 0.1) is 0 Å². The molecule has 0 spiro atoms. The molecule has 1 aromatic heterocycles. The van der Waals surface area contributed by atoms with Crippen LogP contribution < -0.4 is 16.2 Å². The Kier molecular flexibility index (Phi) is 7.94. The second-order valence-electron chi connectivity index (χ2n) is 6.32. The van der Waals surface area contributed by atoms with Crippen LogP contribution >= 0.6 is 0 Å². The maximum Gasteiger partial charge on any atom is 0.258 e. The monoisotopic (exact) mass is 373 g/mol. The van der Waals surface area contributed by atoms with E-state index in [1.165, 1.54) is 0 Å². The van der Waals surface area contributed by atoms with Gasteiger partial charge in [-0.1, -0.05) is 25.5 Å². The van der Waals surface area contributed by atoms with Crippen LogP contribution in [-0.4, -0.2) is 52.9 Å². The number of H-pyrrole nitrogens is 1. The van der Waals surface area contributed by atoms with Crippen molar-refractivity contribution in [2.75, 3.05) is 26.2 Å². The van der Waals surface area contributed by atoms with Crippen molar-refractivity contribution in [1.82, 2.24) is 25.5 Å². The number of unbranched alkanes of at least 4 members (excludes halogenated alkanes) is 1. The number of likely N-dealkylation sites (N-methyl/N-ethyl adjacent to an activating group) is 1. The van der Waals surface area contributed by atoms with Crippen molar-refractivity contribution < 1.29 is 9.59 Å². The van der Waals surface area contributed by atoms with E-state index in [4.69, 9.17) is 0 Å². The number of hydrogen-bond donors (Lipinski definition) is 3. The van der Waals surface area contributed by atoms with Crippen LogP contribution in [0.4, 0.5) is 0 Å². The number of rotatable bonds is 10. The molecule has 3 N–H and O–H groups in total. The zero-order valence-electron chi connectivity index (χ0n) is 15.9. The van der Waals surface area contributed by atoms with E-state index >= 15 is 0 Å². The largest absolute Gasteiger partial charge is 0.355 e. The summed E-state index contributed by atoms with van der Waals surface area (Å²) in [6.07, 6.45) is 1.90. The van der Waals surface area contributed by atoms with Crippen molar-refractivity contribution in [3.63, 3.8) is 0 Å². The first-order valence-corrected chi connectivity index (χ1v) is 9.27. The lowest BCUT2D eigenvalue weighted by Gasteiger charge is -2.21. The number of para-hydroxylation sites is 1. The zero-order chi connectivity index (χ0) is 19.6. The van der Waals surface area contributed by atoms with Crippen molar-refractivity contribution in [3.8, 4) is 0 Å². The van der Waals surface area contributed by atoms with Gasteiger partial charge in [-0.15, -0.1) is 0 Å². The average molecular weight is 373 g/mol. The molecule has 0 bridgehead atoms. The number of aromatic nitrogens is 2. The molecule has 0 saturated heterocycles. The zero-order valence-corrected chi connectivity index (χ0v) is 15.9. The Morgan fingerprint density at radius 1 is 1.15 bits per heavy atom. The van der Waals surface area contributed by atoms with Gasteiger partial charge in [0, 0.05) is 6.54 Å². The smallest absolute Gasteiger partial charge is 0.258 e. The quantitative estimate of drug-likeness (QED) is 0.570. The van der Waals surface area contributed by atoms with E-state index in [1.807, 2.05) is 17.9 Å². The number of amides is 2. The minimum absolute atomic E-state index is 0.0423. The highest BCUT2D eigenvalue weighted by atomic mass is 16.2. The first kappa shape index (κ1) is 20.6. The molecule has 8 nitrogen and oxygen atoms in total. The molecule has 8 heteroatoms. The Hall–Kier alpha value is -2.74. The number of hydrogen-bond acceptors (Lipinski definition) is 5. The Labute approximate surface area is 158 Å². The van der Waals surface area contributed by atoms with Crippen LogP contribution in [0.1, 0.15) is 32.5 Å². The normalized spacial score (nSPS) is 10.9. The molecule has 1 aromatic carbocycles. The maximum absolute atomic E-state index is 12.2. The molecule has 0 atom stereocenters.